The molecule has 0 aliphatic heterocycles. The third kappa shape index (κ3) is 7.45. The maximum atomic E-state index is 17.0. The van der Waals surface area contributed by atoms with Gasteiger partial charge in [-0.3, -0.25) is 9.00 Å². The van der Waals surface area contributed by atoms with Crippen molar-refractivity contribution in [2.24, 2.45) is 0 Å². The van der Waals surface area contributed by atoms with Crippen LogP contribution in [0.2, 0.25) is 0 Å². The zero-order valence-corrected chi connectivity index (χ0v) is 30.3. The fourth-order valence-electron chi connectivity index (χ4n) is 6.25. The lowest BCUT2D eigenvalue weighted by molar-refractivity contribution is -0.100. The van der Waals surface area contributed by atoms with E-state index in [1.807, 2.05) is 20.8 Å². The molecular weight excluding hydrogens is 678 g/mol. The third-order valence-electron chi connectivity index (χ3n) is 8.88. The molecule has 2 aliphatic carbocycles. The second kappa shape index (κ2) is 14.1. The zero-order chi connectivity index (χ0) is 35.0. The summed E-state index contributed by atoms with van der Waals surface area (Å²) >= 11 is 8.16. The van der Waals surface area contributed by atoms with Gasteiger partial charge in [0.25, 0.3) is 5.85 Å². The van der Waals surface area contributed by atoms with Gasteiger partial charge >= 0.3 is 6.09 Å². The second-order valence-electron chi connectivity index (χ2n) is 13.4. The summed E-state index contributed by atoms with van der Waals surface area (Å²) in [4.78, 5) is 27.3. The van der Waals surface area contributed by atoms with Gasteiger partial charge in [-0.25, -0.2) is 13.6 Å². The number of methoxy groups -OCH3 is 1. The molecule has 3 unspecified atom stereocenters. The molecule has 258 valence electrons. The van der Waals surface area contributed by atoms with Crippen LogP contribution in [-0.4, -0.2) is 76.4 Å². The number of Topliss-reactive ketones (excluding diaryl/α,β-unsaturated/α-hetero) is 1. The summed E-state index contributed by atoms with van der Waals surface area (Å²) < 4.78 is 55.7. The SMILES string of the molecule is COC1(F)C=C(C(=O)c2cc3cccc(F)c3s2)C(c2ccccc2S(C)=O)=CC1(Cl)CNC1CCC(N(C)C(=O)OC(C)(C)C)CC1. The van der Waals surface area contributed by atoms with E-state index in [0.717, 1.165) is 30.3 Å². The van der Waals surface area contributed by atoms with Gasteiger partial charge in [0.1, 0.15) is 16.3 Å². The van der Waals surface area contributed by atoms with Crippen molar-refractivity contribution in [1.82, 2.24) is 10.2 Å². The number of ether oxygens (including phenoxy) is 2. The van der Waals surface area contributed by atoms with Crippen molar-refractivity contribution in [3.05, 3.63) is 82.5 Å². The molecule has 0 bridgehead atoms. The summed E-state index contributed by atoms with van der Waals surface area (Å²) in [5.41, 5.74) is 0.172. The number of allylic oxidation sites excluding steroid dienone is 2. The Bertz CT molecular complexity index is 1800. The molecule has 1 amide bonds. The number of alkyl halides is 2. The Kier molecular flexibility index (Phi) is 10.7. The minimum absolute atomic E-state index is 0.00794. The number of thiophene rings is 1. The van der Waals surface area contributed by atoms with Crippen LogP contribution in [0, 0.1) is 5.82 Å². The summed E-state index contributed by atoms with van der Waals surface area (Å²) in [7, 11) is 1.49. The van der Waals surface area contributed by atoms with Crippen LogP contribution < -0.4 is 5.32 Å². The lowest BCUT2D eigenvalue weighted by Crippen LogP contribution is -2.55. The summed E-state index contributed by atoms with van der Waals surface area (Å²) in [6.45, 7) is 5.44. The van der Waals surface area contributed by atoms with Crippen LogP contribution in [-0.2, 0) is 20.3 Å². The molecule has 1 saturated carbocycles. The van der Waals surface area contributed by atoms with Crippen LogP contribution in [0.5, 0.6) is 0 Å². The average Bonchev–Trinajstić information content (AvgIpc) is 3.49. The van der Waals surface area contributed by atoms with E-state index in [-0.39, 0.29) is 35.2 Å². The molecule has 48 heavy (non-hydrogen) atoms. The number of hydrogen-bond donors (Lipinski definition) is 1. The summed E-state index contributed by atoms with van der Waals surface area (Å²) in [6, 6.07) is 13.1. The first-order valence-electron chi connectivity index (χ1n) is 15.8. The Morgan fingerprint density at radius 2 is 1.79 bits per heavy atom. The van der Waals surface area contributed by atoms with Crippen molar-refractivity contribution in [2.45, 2.75) is 79.8 Å². The number of carbonyl (C=O) groups is 2. The van der Waals surface area contributed by atoms with Gasteiger partial charge in [-0.2, -0.15) is 0 Å². The lowest BCUT2D eigenvalue weighted by Gasteiger charge is -2.42. The van der Waals surface area contributed by atoms with E-state index in [2.05, 4.69) is 5.32 Å². The van der Waals surface area contributed by atoms with Crippen molar-refractivity contribution in [2.75, 3.05) is 27.0 Å². The Hall–Kier alpha value is -2.96. The molecule has 3 atom stereocenters. The number of hydrogen-bond acceptors (Lipinski definition) is 7. The van der Waals surface area contributed by atoms with Gasteiger partial charge in [0.15, 0.2) is 0 Å². The molecule has 1 N–H and O–H groups in total. The van der Waals surface area contributed by atoms with E-state index in [1.54, 1.807) is 54.4 Å². The number of nitrogens with zero attached hydrogens (tertiary/aromatic N) is 1. The first kappa shape index (κ1) is 36.3. The normalized spacial score (nSPS) is 25.3. The quantitative estimate of drug-likeness (QED) is 0.178. The molecule has 12 heteroatoms. The van der Waals surface area contributed by atoms with E-state index < -0.39 is 38.7 Å². The average molecular weight is 719 g/mol. The highest BCUT2D eigenvalue weighted by Crippen LogP contribution is 2.47. The minimum atomic E-state index is -2.62. The molecule has 2 aliphatic rings. The van der Waals surface area contributed by atoms with Gasteiger partial charge in [-0.1, -0.05) is 30.3 Å². The number of amides is 1. The molecule has 0 saturated heterocycles. The van der Waals surface area contributed by atoms with Crippen LogP contribution in [0.3, 0.4) is 0 Å². The van der Waals surface area contributed by atoms with Crippen molar-refractivity contribution in [3.63, 3.8) is 0 Å². The maximum absolute atomic E-state index is 17.0. The highest BCUT2D eigenvalue weighted by Gasteiger charge is 2.53. The van der Waals surface area contributed by atoms with Crippen molar-refractivity contribution < 1.29 is 32.1 Å². The van der Waals surface area contributed by atoms with Crippen LogP contribution in [0.1, 0.15) is 61.7 Å². The predicted octanol–water partition coefficient (Wildman–Crippen LogP) is 8.04. The van der Waals surface area contributed by atoms with Gasteiger partial charge in [0, 0.05) is 49.5 Å². The molecule has 0 radical (unpaired) electrons. The van der Waals surface area contributed by atoms with Crippen LogP contribution in [0.25, 0.3) is 15.7 Å². The number of nitrogens with one attached hydrogen (secondary N) is 1. The van der Waals surface area contributed by atoms with E-state index >= 15 is 4.39 Å². The van der Waals surface area contributed by atoms with Crippen molar-refractivity contribution >= 4 is 61.3 Å². The van der Waals surface area contributed by atoms with Gasteiger partial charge in [0.2, 0.25) is 5.78 Å². The third-order valence-corrected chi connectivity index (χ3v) is 11.5. The minimum Gasteiger partial charge on any atom is -0.444 e. The summed E-state index contributed by atoms with van der Waals surface area (Å²) in [6.07, 6.45) is 6.62. The van der Waals surface area contributed by atoms with E-state index in [4.69, 9.17) is 21.1 Å². The maximum Gasteiger partial charge on any atom is 0.410 e. The number of rotatable bonds is 9. The van der Waals surface area contributed by atoms with Crippen molar-refractivity contribution in [3.8, 4) is 0 Å². The predicted molar refractivity (Wildman–Crippen MR) is 188 cm³/mol. The molecule has 2 aromatic carbocycles. The van der Waals surface area contributed by atoms with Gasteiger partial charge in [0.05, 0.1) is 20.4 Å². The first-order valence-corrected chi connectivity index (χ1v) is 18.5. The topological polar surface area (TPSA) is 84.9 Å². The molecule has 7 nitrogen and oxygen atoms in total. The largest absolute Gasteiger partial charge is 0.444 e. The van der Waals surface area contributed by atoms with Crippen LogP contribution in [0.15, 0.2) is 71.2 Å². The van der Waals surface area contributed by atoms with Crippen LogP contribution in [0.4, 0.5) is 13.6 Å². The molecule has 1 aromatic heterocycles. The number of fused-ring (bicyclic) bond motifs is 1. The van der Waals surface area contributed by atoms with E-state index in [1.165, 1.54) is 25.5 Å². The number of halogens is 3. The Morgan fingerprint density at radius 3 is 2.42 bits per heavy atom. The standard InChI is InChI=1S/C36H41ClF2N2O5S2/c1-34(2,3)46-33(43)41(4)24-16-14-23(15-17-24)40-21-35(37)19-26(25-11-7-8-13-30(25)48(6)44)27(20-36(35,39)45-5)31(42)29-18-22-10-9-12-28(38)32(22)47-29/h7-13,18-20,23-24,40H,14-17,21H2,1-6H3. The fraction of sp³-hybridized carbons (Fsp3) is 0.444. The number of carbonyl (C=O) groups excluding carboxylic acids is 2. The number of ketones is 1. The highest BCUT2D eigenvalue weighted by atomic mass is 35.5. The smallest absolute Gasteiger partial charge is 0.410 e. The fourth-order valence-corrected chi connectivity index (χ4v) is 8.35. The Morgan fingerprint density at radius 1 is 1.10 bits per heavy atom. The monoisotopic (exact) mass is 718 g/mol. The van der Waals surface area contributed by atoms with E-state index in [0.29, 0.717) is 39.0 Å². The molecule has 1 heterocycles. The lowest BCUT2D eigenvalue weighted by atomic mass is 9.80. The summed E-state index contributed by atoms with van der Waals surface area (Å²) in [5.74, 6) is -3.60. The van der Waals surface area contributed by atoms with Gasteiger partial charge < -0.3 is 19.7 Å². The Labute approximate surface area is 291 Å². The van der Waals surface area contributed by atoms with Gasteiger partial charge in [-0.15, -0.1) is 22.9 Å². The first-order chi connectivity index (χ1) is 22.6. The van der Waals surface area contributed by atoms with Gasteiger partial charge in [-0.05, 0) is 93.3 Å². The number of benzene rings is 2. The molecule has 0 spiro atoms. The summed E-state index contributed by atoms with van der Waals surface area (Å²) in [5, 5.41) is 3.97. The molecule has 3 aromatic rings. The van der Waals surface area contributed by atoms with Crippen LogP contribution >= 0.6 is 22.9 Å². The zero-order valence-electron chi connectivity index (χ0n) is 27.9. The van der Waals surface area contributed by atoms with E-state index in [9.17, 15) is 18.2 Å². The Balaban J connectivity index is 1.44. The molecular formula is C36H41ClF2N2O5S2. The molecule has 1 fully saturated rings. The van der Waals surface area contributed by atoms with Crippen molar-refractivity contribution in [1.29, 1.82) is 0 Å². The highest BCUT2D eigenvalue weighted by molar-refractivity contribution is 7.84. The second-order valence-corrected chi connectivity index (χ2v) is 16.4. The molecule has 5 rings (SSSR count).